The van der Waals surface area contributed by atoms with Crippen LogP contribution in [0.5, 0.6) is 0 Å². The molecule has 0 amide bonds. The van der Waals surface area contributed by atoms with Crippen molar-refractivity contribution < 1.29 is 0 Å². The predicted octanol–water partition coefficient (Wildman–Crippen LogP) is 3.03. The van der Waals surface area contributed by atoms with Crippen LogP contribution in [0.4, 0.5) is 0 Å². The van der Waals surface area contributed by atoms with Gasteiger partial charge in [0.15, 0.2) is 0 Å². The van der Waals surface area contributed by atoms with Gasteiger partial charge in [-0.15, -0.1) is 0 Å². The van der Waals surface area contributed by atoms with E-state index in [9.17, 15) is 0 Å². The third-order valence-corrected chi connectivity index (χ3v) is 4.98. The minimum Gasteiger partial charge on any atom is -0.320 e. The topological polar surface area (TPSA) is 15.3 Å². The van der Waals surface area contributed by atoms with Crippen molar-refractivity contribution in [3.8, 4) is 0 Å². The van der Waals surface area contributed by atoms with Crippen LogP contribution in [0.15, 0.2) is 0 Å². The second-order valence-electron chi connectivity index (χ2n) is 6.21. The first kappa shape index (κ1) is 13.4. The zero-order chi connectivity index (χ0) is 12.0. The van der Waals surface area contributed by atoms with Gasteiger partial charge in [0.25, 0.3) is 0 Å². The van der Waals surface area contributed by atoms with E-state index in [2.05, 4.69) is 10.2 Å². The van der Waals surface area contributed by atoms with Crippen molar-refractivity contribution in [2.75, 3.05) is 33.2 Å². The van der Waals surface area contributed by atoms with Gasteiger partial charge in [-0.25, -0.2) is 0 Å². The van der Waals surface area contributed by atoms with E-state index >= 15 is 0 Å². The average Bonchev–Trinajstić information content (AvgIpc) is 2.38. The molecule has 2 nitrogen and oxygen atoms in total. The quantitative estimate of drug-likeness (QED) is 0.741. The molecule has 2 aliphatic rings. The zero-order valence-corrected chi connectivity index (χ0v) is 11.6. The van der Waals surface area contributed by atoms with Gasteiger partial charge in [0, 0.05) is 0 Å². The van der Waals surface area contributed by atoms with Gasteiger partial charge in [-0.05, 0) is 77.2 Å². The zero-order valence-electron chi connectivity index (χ0n) is 11.6. The van der Waals surface area contributed by atoms with Crippen LogP contribution < -0.4 is 5.32 Å². The highest BCUT2D eigenvalue weighted by Crippen LogP contribution is 2.44. The lowest BCUT2D eigenvalue weighted by atomic mass is 9.68. The van der Waals surface area contributed by atoms with Gasteiger partial charge in [-0.3, -0.25) is 0 Å². The molecule has 0 unspecified atom stereocenters. The molecule has 2 rings (SSSR count). The van der Waals surface area contributed by atoms with Gasteiger partial charge < -0.3 is 10.2 Å². The highest BCUT2D eigenvalue weighted by atomic mass is 15.1. The molecule has 0 bridgehead atoms. The van der Waals surface area contributed by atoms with Gasteiger partial charge >= 0.3 is 0 Å². The predicted molar refractivity (Wildman–Crippen MR) is 74.4 cm³/mol. The number of rotatable bonds is 5. The lowest BCUT2D eigenvalue weighted by Crippen LogP contribution is -2.41. The smallest absolute Gasteiger partial charge is 0.00134 e. The molecule has 0 radical (unpaired) electrons. The summed E-state index contributed by atoms with van der Waals surface area (Å²) in [5, 5.41) is 3.23. The summed E-state index contributed by atoms with van der Waals surface area (Å²) in [5.74, 6) is 0. The largest absolute Gasteiger partial charge is 0.320 e. The first-order valence-electron chi connectivity index (χ1n) is 7.72. The van der Waals surface area contributed by atoms with Crippen molar-refractivity contribution in [2.45, 2.75) is 57.8 Å². The number of hydrogen-bond donors (Lipinski definition) is 1. The Balaban J connectivity index is 1.63. The lowest BCUT2D eigenvalue weighted by molar-refractivity contribution is 0.0671. The van der Waals surface area contributed by atoms with Crippen LogP contribution in [-0.2, 0) is 0 Å². The van der Waals surface area contributed by atoms with Crippen LogP contribution in [0.25, 0.3) is 0 Å². The first-order chi connectivity index (χ1) is 8.35. The van der Waals surface area contributed by atoms with Gasteiger partial charge in [-0.2, -0.15) is 0 Å². The molecule has 1 saturated carbocycles. The lowest BCUT2D eigenvalue weighted by Gasteiger charge is -2.44. The Morgan fingerprint density at radius 1 is 0.941 bits per heavy atom. The standard InChI is InChI=1S/C15H30N2/c1-16-11-5-6-12-17-13-9-15(10-14-17)7-3-2-4-8-15/h16H,2-14H2,1H3. The minimum absolute atomic E-state index is 0.778. The Kier molecular flexibility index (Phi) is 5.30. The molecule has 0 aromatic heterocycles. The molecular weight excluding hydrogens is 208 g/mol. The molecule has 2 fully saturated rings. The highest BCUT2D eigenvalue weighted by molar-refractivity contribution is 4.88. The summed E-state index contributed by atoms with van der Waals surface area (Å²) < 4.78 is 0. The monoisotopic (exact) mass is 238 g/mol. The summed E-state index contributed by atoms with van der Waals surface area (Å²) >= 11 is 0. The number of piperidine rings is 1. The van der Waals surface area contributed by atoms with Crippen LogP contribution in [0, 0.1) is 5.41 Å². The molecule has 1 spiro atoms. The van der Waals surface area contributed by atoms with Crippen LogP contribution in [0.1, 0.15) is 57.8 Å². The maximum atomic E-state index is 3.23. The molecule has 2 heteroatoms. The van der Waals surface area contributed by atoms with E-state index in [-0.39, 0.29) is 0 Å². The molecule has 1 heterocycles. The Bertz CT molecular complexity index is 199. The van der Waals surface area contributed by atoms with Gasteiger partial charge in [0.2, 0.25) is 0 Å². The number of hydrogen-bond acceptors (Lipinski definition) is 2. The third kappa shape index (κ3) is 3.96. The number of nitrogens with one attached hydrogen (secondary N) is 1. The Morgan fingerprint density at radius 2 is 1.65 bits per heavy atom. The number of nitrogens with zero attached hydrogens (tertiary/aromatic N) is 1. The Hall–Kier alpha value is -0.0800. The summed E-state index contributed by atoms with van der Waals surface area (Å²) in [5.41, 5.74) is 0.778. The van der Waals surface area contributed by atoms with E-state index in [1.807, 2.05) is 7.05 Å². The normalized spacial score (nSPS) is 25.2. The number of likely N-dealkylation sites (tertiary alicyclic amines) is 1. The van der Waals surface area contributed by atoms with Crippen molar-refractivity contribution in [1.82, 2.24) is 10.2 Å². The molecule has 1 saturated heterocycles. The van der Waals surface area contributed by atoms with Gasteiger partial charge in [0.1, 0.15) is 0 Å². The average molecular weight is 238 g/mol. The summed E-state index contributed by atoms with van der Waals surface area (Å²) in [6, 6.07) is 0. The van der Waals surface area contributed by atoms with Crippen molar-refractivity contribution in [2.24, 2.45) is 5.41 Å². The van der Waals surface area contributed by atoms with E-state index in [0.717, 1.165) is 5.41 Å². The minimum atomic E-state index is 0.778. The van der Waals surface area contributed by atoms with E-state index in [1.54, 1.807) is 0 Å². The SMILES string of the molecule is CNCCCCN1CCC2(CCCCC2)CC1. The molecule has 0 aromatic carbocycles. The van der Waals surface area contributed by atoms with Crippen molar-refractivity contribution in [3.63, 3.8) is 0 Å². The second-order valence-corrected chi connectivity index (χ2v) is 6.21. The fourth-order valence-corrected chi connectivity index (χ4v) is 3.69. The summed E-state index contributed by atoms with van der Waals surface area (Å²) in [6.07, 6.45) is 13.2. The molecular formula is C15H30N2. The van der Waals surface area contributed by atoms with Crippen LogP contribution in [0.2, 0.25) is 0 Å². The van der Waals surface area contributed by atoms with Crippen molar-refractivity contribution >= 4 is 0 Å². The fraction of sp³-hybridized carbons (Fsp3) is 1.00. The van der Waals surface area contributed by atoms with Crippen LogP contribution >= 0.6 is 0 Å². The summed E-state index contributed by atoms with van der Waals surface area (Å²) in [7, 11) is 2.05. The van der Waals surface area contributed by atoms with E-state index < -0.39 is 0 Å². The molecule has 1 N–H and O–H groups in total. The van der Waals surface area contributed by atoms with E-state index in [0.29, 0.717) is 0 Å². The highest BCUT2D eigenvalue weighted by Gasteiger charge is 2.34. The molecule has 1 aliphatic heterocycles. The van der Waals surface area contributed by atoms with Crippen molar-refractivity contribution in [1.29, 1.82) is 0 Å². The second kappa shape index (κ2) is 6.75. The molecule has 17 heavy (non-hydrogen) atoms. The van der Waals surface area contributed by atoms with Gasteiger partial charge in [-0.1, -0.05) is 19.3 Å². The molecule has 0 aromatic rings. The first-order valence-corrected chi connectivity index (χ1v) is 7.72. The van der Waals surface area contributed by atoms with E-state index in [4.69, 9.17) is 0 Å². The van der Waals surface area contributed by atoms with Crippen molar-refractivity contribution in [3.05, 3.63) is 0 Å². The third-order valence-electron chi connectivity index (χ3n) is 4.98. The molecule has 100 valence electrons. The number of unbranched alkanes of at least 4 members (excludes halogenated alkanes) is 1. The van der Waals surface area contributed by atoms with Gasteiger partial charge in [0.05, 0.1) is 0 Å². The molecule has 0 atom stereocenters. The maximum Gasteiger partial charge on any atom is -0.00134 e. The van der Waals surface area contributed by atoms with Crippen LogP contribution in [0.3, 0.4) is 0 Å². The van der Waals surface area contributed by atoms with Crippen LogP contribution in [-0.4, -0.2) is 38.1 Å². The Labute approximate surface area is 107 Å². The molecule has 1 aliphatic carbocycles. The fourth-order valence-electron chi connectivity index (χ4n) is 3.69. The van der Waals surface area contributed by atoms with E-state index in [1.165, 1.54) is 84.0 Å². The summed E-state index contributed by atoms with van der Waals surface area (Å²) in [6.45, 7) is 5.26. The maximum absolute atomic E-state index is 3.23. The Morgan fingerprint density at radius 3 is 2.29 bits per heavy atom. The summed E-state index contributed by atoms with van der Waals surface area (Å²) in [4.78, 5) is 2.70.